The Balaban J connectivity index is 0.00000222. The highest BCUT2D eigenvalue weighted by molar-refractivity contribution is 5.69. The third-order valence-corrected chi connectivity index (χ3v) is 6.48. The van der Waals surface area contributed by atoms with Crippen molar-refractivity contribution in [3.05, 3.63) is 42.4 Å². The van der Waals surface area contributed by atoms with Crippen molar-refractivity contribution in [3.63, 3.8) is 0 Å². The van der Waals surface area contributed by atoms with Gasteiger partial charge in [-0.3, -0.25) is 0 Å². The van der Waals surface area contributed by atoms with Crippen molar-refractivity contribution < 1.29 is 27.4 Å². The van der Waals surface area contributed by atoms with Crippen molar-refractivity contribution in [3.8, 4) is 5.75 Å². The Kier molecular flexibility index (Phi) is 10.9. The number of rotatable bonds is 7. The number of carbonyl (C=O) groups excluding carboxylic acids is 1. The van der Waals surface area contributed by atoms with Crippen LogP contribution in [0.25, 0.3) is 5.70 Å². The number of nitrogens with two attached hydrogens (primary N) is 2. The first kappa shape index (κ1) is 29.3. The highest BCUT2D eigenvalue weighted by Crippen LogP contribution is 2.37. The van der Waals surface area contributed by atoms with Crippen LogP contribution in [0.15, 0.2) is 31.0 Å². The molecule has 2 aliphatic rings. The highest BCUT2D eigenvalue weighted by Gasteiger charge is 2.38. The van der Waals surface area contributed by atoms with E-state index in [0.717, 1.165) is 50.0 Å². The first-order valence-corrected chi connectivity index (χ1v) is 12.2. The normalized spacial score (nSPS) is 17.5. The molecular weight excluding hydrogens is 475 g/mol. The SMILES string of the molecule is C=C.CN(N)/C(COC(=O)N(C)C1CCCC1)=C(\N)c1ccc(OC2CCCCC2)c(C(F)(F)F)n1. The van der Waals surface area contributed by atoms with Crippen LogP contribution in [0.5, 0.6) is 5.75 Å². The van der Waals surface area contributed by atoms with Gasteiger partial charge in [-0.2, -0.15) is 13.2 Å². The molecule has 1 heterocycles. The number of likely N-dealkylation sites (N-methyl/N-ethyl adjacent to an activating group) is 1. The molecule has 1 aromatic rings. The summed E-state index contributed by atoms with van der Waals surface area (Å²) in [7, 11) is 3.13. The maximum Gasteiger partial charge on any atom is 0.437 e. The first-order chi connectivity index (χ1) is 17.1. The van der Waals surface area contributed by atoms with Crippen LogP contribution in [0.1, 0.15) is 69.2 Å². The number of ether oxygens (including phenoxy) is 2. The molecule has 0 atom stereocenters. The van der Waals surface area contributed by atoms with Crippen LogP contribution in [0.2, 0.25) is 0 Å². The molecule has 1 aromatic heterocycles. The number of hydrogen-bond acceptors (Lipinski definition) is 7. The zero-order valence-electron chi connectivity index (χ0n) is 21.1. The monoisotopic (exact) mass is 513 g/mol. The summed E-state index contributed by atoms with van der Waals surface area (Å²) in [6.07, 6.45) is 2.72. The Bertz CT molecular complexity index is 895. The van der Waals surface area contributed by atoms with Gasteiger partial charge in [0.2, 0.25) is 0 Å². The third-order valence-electron chi connectivity index (χ3n) is 6.48. The predicted octanol–water partition coefficient (Wildman–Crippen LogP) is 5.06. The molecule has 0 radical (unpaired) electrons. The Morgan fingerprint density at radius 2 is 1.67 bits per heavy atom. The highest BCUT2D eigenvalue weighted by atomic mass is 19.4. The maximum absolute atomic E-state index is 13.8. The number of pyridine rings is 1. The molecule has 0 aromatic carbocycles. The van der Waals surface area contributed by atoms with Crippen molar-refractivity contribution in [1.82, 2.24) is 14.9 Å². The Morgan fingerprint density at radius 3 is 2.22 bits per heavy atom. The molecule has 11 heteroatoms. The lowest BCUT2D eigenvalue weighted by Crippen LogP contribution is -2.37. The summed E-state index contributed by atoms with van der Waals surface area (Å²) in [5.74, 6) is 5.54. The number of amides is 1. The van der Waals surface area contributed by atoms with E-state index in [9.17, 15) is 18.0 Å². The van der Waals surface area contributed by atoms with Gasteiger partial charge in [0.05, 0.1) is 23.2 Å². The van der Waals surface area contributed by atoms with Crippen molar-refractivity contribution >= 4 is 11.8 Å². The van der Waals surface area contributed by atoms with Gasteiger partial charge in [-0.05, 0) is 50.7 Å². The first-order valence-electron chi connectivity index (χ1n) is 12.2. The molecule has 3 rings (SSSR count). The van der Waals surface area contributed by atoms with E-state index in [0.29, 0.717) is 12.8 Å². The van der Waals surface area contributed by atoms with Gasteiger partial charge < -0.3 is 25.1 Å². The van der Waals surface area contributed by atoms with Crippen LogP contribution < -0.4 is 16.3 Å². The summed E-state index contributed by atoms with van der Waals surface area (Å²) >= 11 is 0. The standard InChI is InChI=1S/C23H34F3N5O3.C2H4/c1-30(15-8-6-7-9-15)22(32)33-14-18(31(2)28)20(27)17-12-13-19(21(29-17)23(24,25)26)34-16-10-4-3-5-11-16;1-2/h12-13,15-16H,3-11,14,27-28H2,1-2H3;1-2H2/b20-18-;. The van der Waals surface area contributed by atoms with Crippen LogP contribution in [0.3, 0.4) is 0 Å². The molecule has 202 valence electrons. The minimum absolute atomic E-state index is 0.112. The Morgan fingerprint density at radius 1 is 1.08 bits per heavy atom. The van der Waals surface area contributed by atoms with E-state index in [1.165, 1.54) is 24.1 Å². The van der Waals surface area contributed by atoms with Gasteiger partial charge >= 0.3 is 12.3 Å². The summed E-state index contributed by atoms with van der Waals surface area (Å²) in [5.41, 5.74) is 4.90. The van der Waals surface area contributed by atoms with Gasteiger partial charge in [0.25, 0.3) is 0 Å². The second-order valence-corrected chi connectivity index (χ2v) is 8.99. The molecular formula is C25H38F3N5O3. The van der Waals surface area contributed by atoms with Crippen LogP contribution in [-0.4, -0.2) is 53.8 Å². The fourth-order valence-corrected chi connectivity index (χ4v) is 4.45. The lowest BCUT2D eigenvalue weighted by molar-refractivity contribution is -0.143. The number of hydrogen-bond donors (Lipinski definition) is 2. The van der Waals surface area contributed by atoms with E-state index in [4.69, 9.17) is 21.1 Å². The lowest BCUT2D eigenvalue weighted by atomic mass is 9.98. The van der Waals surface area contributed by atoms with Crippen LogP contribution in [0.4, 0.5) is 18.0 Å². The number of nitrogens with zero attached hydrogens (tertiary/aromatic N) is 3. The van der Waals surface area contributed by atoms with E-state index in [1.54, 1.807) is 7.05 Å². The number of hydrazine groups is 1. The summed E-state index contributed by atoms with van der Waals surface area (Å²) < 4.78 is 52.4. The van der Waals surface area contributed by atoms with Gasteiger partial charge in [-0.15, -0.1) is 13.2 Å². The summed E-state index contributed by atoms with van der Waals surface area (Å²) in [6, 6.07) is 2.71. The van der Waals surface area contributed by atoms with Crippen LogP contribution in [-0.2, 0) is 10.9 Å². The predicted molar refractivity (Wildman–Crippen MR) is 132 cm³/mol. The van der Waals surface area contributed by atoms with Gasteiger partial charge in [0, 0.05) is 20.1 Å². The molecule has 2 saturated carbocycles. The van der Waals surface area contributed by atoms with Gasteiger partial charge in [0.15, 0.2) is 11.4 Å². The van der Waals surface area contributed by atoms with E-state index in [1.807, 2.05) is 0 Å². The fraction of sp³-hybridized carbons (Fsp3) is 0.600. The molecule has 1 amide bonds. The van der Waals surface area contributed by atoms with Crippen LogP contribution in [0, 0.1) is 0 Å². The topological polar surface area (TPSA) is 107 Å². The molecule has 0 unspecified atom stereocenters. The van der Waals surface area contributed by atoms with E-state index in [-0.39, 0.29) is 41.6 Å². The third kappa shape index (κ3) is 7.78. The Hall–Kier alpha value is -2.95. The summed E-state index contributed by atoms with van der Waals surface area (Å²) in [4.78, 5) is 17.7. The number of aromatic nitrogens is 1. The summed E-state index contributed by atoms with van der Waals surface area (Å²) in [5, 5.41) is 1.11. The zero-order chi connectivity index (χ0) is 26.9. The average molecular weight is 514 g/mol. The van der Waals surface area contributed by atoms with Gasteiger partial charge in [-0.25, -0.2) is 15.6 Å². The van der Waals surface area contributed by atoms with Gasteiger partial charge in [0.1, 0.15) is 6.61 Å². The van der Waals surface area contributed by atoms with E-state index >= 15 is 0 Å². The molecule has 0 bridgehead atoms. The molecule has 2 fully saturated rings. The number of halogens is 3. The van der Waals surface area contributed by atoms with Crippen molar-refractivity contribution in [1.29, 1.82) is 0 Å². The summed E-state index contributed by atoms with van der Waals surface area (Å²) in [6.45, 7) is 5.69. The number of alkyl halides is 3. The average Bonchev–Trinajstić information content (AvgIpc) is 3.40. The largest absolute Gasteiger partial charge is 0.488 e. The lowest BCUT2D eigenvalue weighted by Gasteiger charge is -2.26. The minimum Gasteiger partial charge on any atom is -0.488 e. The maximum atomic E-state index is 13.8. The molecule has 2 aliphatic carbocycles. The molecule has 0 aliphatic heterocycles. The van der Waals surface area contributed by atoms with Gasteiger partial charge in [-0.1, -0.05) is 19.3 Å². The molecule has 0 spiro atoms. The second kappa shape index (κ2) is 13.4. The van der Waals surface area contributed by atoms with Crippen molar-refractivity contribution in [2.24, 2.45) is 11.6 Å². The van der Waals surface area contributed by atoms with Crippen molar-refractivity contribution in [2.45, 2.75) is 76.1 Å². The quantitative estimate of drug-likeness (QED) is 0.298. The molecule has 8 nitrogen and oxygen atoms in total. The minimum atomic E-state index is -4.73. The van der Waals surface area contributed by atoms with Crippen LogP contribution >= 0.6 is 0 Å². The second-order valence-electron chi connectivity index (χ2n) is 8.99. The number of carbonyl (C=O) groups is 1. The Labute approximate surface area is 211 Å². The molecule has 4 N–H and O–H groups in total. The van der Waals surface area contributed by atoms with Crippen molar-refractivity contribution in [2.75, 3.05) is 20.7 Å². The smallest absolute Gasteiger partial charge is 0.437 e. The zero-order valence-corrected chi connectivity index (χ0v) is 21.1. The van der Waals surface area contributed by atoms with E-state index in [2.05, 4.69) is 18.1 Å². The fourth-order valence-electron chi connectivity index (χ4n) is 4.45. The van der Waals surface area contributed by atoms with E-state index < -0.39 is 18.0 Å². The molecule has 0 saturated heterocycles. The molecule has 36 heavy (non-hydrogen) atoms.